The highest BCUT2D eigenvalue weighted by molar-refractivity contribution is 6.30. The van der Waals surface area contributed by atoms with Crippen LogP contribution in [-0.2, 0) is 5.41 Å². The summed E-state index contributed by atoms with van der Waals surface area (Å²) in [7, 11) is 0. The topological polar surface area (TPSA) is 54.6 Å². The average Bonchev–Trinajstić information content (AvgIpc) is 3.14. The van der Waals surface area contributed by atoms with Gasteiger partial charge in [0.2, 0.25) is 5.89 Å². The molecule has 1 atom stereocenters. The fourth-order valence-corrected chi connectivity index (χ4v) is 3.19. The Hall–Kier alpha value is -1.63. The van der Waals surface area contributed by atoms with Gasteiger partial charge in [-0.2, -0.15) is 4.98 Å². The summed E-state index contributed by atoms with van der Waals surface area (Å²) in [6.45, 7) is 14.0. The van der Waals surface area contributed by atoms with Crippen molar-refractivity contribution in [1.82, 2.24) is 19.9 Å². The van der Waals surface area contributed by atoms with Crippen LogP contribution in [0.1, 0.15) is 45.5 Å². The minimum atomic E-state index is -0.0930. The van der Waals surface area contributed by atoms with Crippen molar-refractivity contribution in [2.24, 2.45) is 0 Å². The van der Waals surface area contributed by atoms with E-state index in [0.717, 1.165) is 49.3 Å². The second-order valence-corrected chi connectivity index (χ2v) is 8.50. The molecule has 1 aromatic carbocycles. The molecular formula is C20H29ClN4O2. The van der Waals surface area contributed by atoms with E-state index in [1.165, 1.54) is 0 Å². The van der Waals surface area contributed by atoms with E-state index in [2.05, 4.69) is 47.6 Å². The summed E-state index contributed by atoms with van der Waals surface area (Å²) in [5.74, 6) is 2.33. The molecule has 1 aromatic heterocycles. The number of nitrogens with zero attached hydrogens (tertiary/aromatic N) is 4. The Balaban J connectivity index is 1.43. The van der Waals surface area contributed by atoms with E-state index < -0.39 is 0 Å². The highest BCUT2D eigenvalue weighted by Crippen LogP contribution is 2.24. The number of ether oxygens (including phenoxy) is 1. The van der Waals surface area contributed by atoms with Crippen LogP contribution in [0.2, 0.25) is 5.02 Å². The van der Waals surface area contributed by atoms with Gasteiger partial charge in [0.05, 0.1) is 6.04 Å². The molecule has 1 fully saturated rings. The first-order chi connectivity index (χ1) is 12.8. The molecule has 2 heterocycles. The van der Waals surface area contributed by atoms with Gasteiger partial charge in [0.15, 0.2) is 5.82 Å². The molecule has 3 rings (SSSR count). The predicted molar refractivity (Wildman–Crippen MR) is 106 cm³/mol. The minimum Gasteiger partial charge on any atom is -0.492 e. The van der Waals surface area contributed by atoms with Gasteiger partial charge in [0.1, 0.15) is 12.4 Å². The van der Waals surface area contributed by atoms with Crippen LogP contribution in [0.15, 0.2) is 28.8 Å². The van der Waals surface area contributed by atoms with Crippen LogP contribution in [0.5, 0.6) is 5.75 Å². The Morgan fingerprint density at radius 3 is 2.41 bits per heavy atom. The predicted octanol–water partition coefficient (Wildman–Crippen LogP) is 3.78. The molecule has 1 aliphatic heterocycles. The number of halogens is 1. The molecule has 1 aliphatic rings. The molecule has 0 saturated carbocycles. The smallest absolute Gasteiger partial charge is 0.243 e. The van der Waals surface area contributed by atoms with Gasteiger partial charge in [-0.3, -0.25) is 9.80 Å². The SMILES string of the molecule is C[C@@H](c1nc(C(C)(C)C)no1)N1CCN(CCOc2ccc(Cl)cc2)CC1. The second-order valence-electron chi connectivity index (χ2n) is 8.06. The lowest BCUT2D eigenvalue weighted by Crippen LogP contribution is -2.48. The third-order valence-electron chi connectivity index (χ3n) is 4.91. The normalized spacial score (nSPS) is 17.8. The molecular weight excluding hydrogens is 364 g/mol. The summed E-state index contributed by atoms with van der Waals surface area (Å²) in [5, 5.41) is 4.87. The Labute approximate surface area is 166 Å². The molecule has 0 bridgehead atoms. The number of piperazine rings is 1. The van der Waals surface area contributed by atoms with Crippen molar-refractivity contribution < 1.29 is 9.26 Å². The third kappa shape index (κ3) is 5.43. The van der Waals surface area contributed by atoms with Crippen LogP contribution in [0.4, 0.5) is 0 Å². The van der Waals surface area contributed by atoms with Crippen molar-refractivity contribution in [3.05, 3.63) is 41.0 Å². The fraction of sp³-hybridized carbons (Fsp3) is 0.600. The molecule has 27 heavy (non-hydrogen) atoms. The van der Waals surface area contributed by atoms with Crippen LogP contribution in [0, 0.1) is 0 Å². The Morgan fingerprint density at radius 1 is 1.15 bits per heavy atom. The highest BCUT2D eigenvalue weighted by Gasteiger charge is 2.28. The van der Waals surface area contributed by atoms with Crippen LogP contribution < -0.4 is 4.74 Å². The largest absolute Gasteiger partial charge is 0.492 e. The van der Waals surface area contributed by atoms with Crippen LogP contribution in [0.3, 0.4) is 0 Å². The van der Waals surface area contributed by atoms with Gasteiger partial charge >= 0.3 is 0 Å². The standard InChI is InChI=1S/C20H29ClN4O2/c1-15(18-22-19(23-27-18)20(2,3)4)25-11-9-24(10-12-25)13-14-26-17-7-5-16(21)6-8-17/h5-8,15H,9-14H2,1-4H3/t15-/m0/s1. The summed E-state index contributed by atoms with van der Waals surface area (Å²) in [6, 6.07) is 7.64. The van der Waals surface area contributed by atoms with Gasteiger partial charge in [-0.25, -0.2) is 0 Å². The van der Waals surface area contributed by atoms with Crippen molar-refractivity contribution >= 4 is 11.6 Å². The Bertz CT molecular complexity index is 718. The third-order valence-corrected chi connectivity index (χ3v) is 5.17. The number of aromatic nitrogens is 2. The molecule has 148 valence electrons. The van der Waals surface area contributed by atoms with Crippen LogP contribution in [-0.4, -0.2) is 59.3 Å². The maximum Gasteiger partial charge on any atom is 0.243 e. The zero-order chi connectivity index (χ0) is 19.4. The van der Waals surface area contributed by atoms with E-state index in [1.807, 2.05) is 24.3 Å². The molecule has 0 unspecified atom stereocenters. The lowest BCUT2D eigenvalue weighted by Gasteiger charge is -2.36. The van der Waals surface area contributed by atoms with Gasteiger partial charge in [0, 0.05) is 43.2 Å². The van der Waals surface area contributed by atoms with E-state index in [1.54, 1.807) is 0 Å². The van der Waals surface area contributed by atoms with Gasteiger partial charge in [-0.1, -0.05) is 37.5 Å². The summed E-state index contributed by atoms with van der Waals surface area (Å²) < 4.78 is 11.3. The molecule has 1 saturated heterocycles. The molecule has 6 nitrogen and oxygen atoms in total. The quantitative estimate of drug-likeness (QED) is 0.745. The first-order valence-corrected chi connectivity index (χ1v) is 9.89. The first-order valence-electron chi connectivity index (χ1n) is 9.52. The average molecular weight is 393 g/mol. The number of rotatable bonds is 6. The molecule has 2 aromatic rings. The molecule has 0 spiro atoms. The minimum absolute atomic E-state index is 0.0930. The van der Waals surface area contributed by atoms with E-state index >= 15 is 0 Å². The second kappa shape index (κ2) is 8.59. The lowest BCUT2D eigenvalue weighted by molar-refractivity contribution is 0.0800. The van der Waals surface area contributed by atoms with E-state index in [0.29, 0.717) is 12.5 Å². The summed E-state index contributed by atoms with van der Waals surface area (Å²) >= 11 is 5.89. The monoisotopic (exact) mass is 392 g/mol. The van der Waals surface area contributed by atoms with Gasteiger partial charge in [-0.15, -0.1) is 0 Å². The van der Waals surface area contributed by atoms with E-state index in [9.17, 15) is 0 Å². The first kappa shape index (κ1) is 20.1. The Morgan fingerprint density at radius 2 is 1.81 bits per heavy atom. The molecule has 7 heteroatoms. The van der Waals surface area contributed by atoms with Gasteiger partial charge < -0.3 is 9.26 Å². The van der Waals surface area contributed by atoms with Gasteiger partial charge in [0.25, 0.3) is 0 Å². The maximum absolute atomic E-state index is 5.89. The fourth-order valence-electron chi connectivity index (χ4n) is 3.06. The van der Waals surface area contributed by atoms with Crippen molar-refractivity contribution in [3.8, 4) is 5.75 Å². The zero-order valence-electron chi connectivity index (χ0n) is 16.6. The zero-order valence-corrected chi connectivity index (χ0v) is 17.4. The summed E-state index contributed by atoms with van der Waals surface area (Å²) in [4.78, 5) is 9.43. The maximum atomic E-state index is 5.89. The van der Waals surface area contributed by atoms with Crippen LogP contribution in [0.25, 0.3) is 0 Å². The van der Waals surface area contributed by atoms with Crippen molar-refractivity contribution in [2.45, 2.75) is 39.2 Å². The van der Waals surface area contributed by atoms with Gasteiger partial charge in [-0.05, 0) is 31.2 Å². The van der Waals surface area contributed by atoms with Crippen molar-refractivity contribution in [3.63, 3.8) is 0 Å². The van der Waals surface area contributed by atoms with Crippen LogP contribution >= 0.6 is 11.6 Å². The molecule has 0 N–H and O–H groups in total. The van der Waals surface area contributed by atoms with E-state index in [4.69, 9.17) is 20.9 Å². The molecule has 0 aliphatic carbocycles. The van der Waals surface area contributed by atoms with Crippen molar-refractivity contribution in [1.29, 1.82) is 0 Å². The number of hydrogen-bond donors (Lipinski definition) is 0. The van der Waals surface area contributed by atoms with Crippen molar-refractivity contribution in [2.75, 3.05) is 39.3 Å². The highest BCUT2D eigenvalue weighted by atomic mass is 35.5. The number of hydrogen-bond acceptors (Lipinski definition) is 6. The number of benzene rings is 1. The lowest BCUT2D eigenvalue weighted by atomic mass is 9.96. The van der Waals surface area contributed by atoms with E-state index in [-0.39, 0.29) is 11.5 Å². The summed E-state index contributed by atoms with van der Waals surface area (Å²) in [6.07, 6.45) is 0. The molecule has 0 amide bonds. The molecule has 0 radical (unpaired) electrons. The summed E-state index contributed by atoms with van der Waals surface area (Å²) in [5.41, 5.74) is -0.0930. The Kier molecular flexibility index (Phi) is 6.40.